The van der Waals surface area contributed by atoms with Crippen LogP contribution in [0.15, 0.2) is 24.3 Å². The van der Waals surface area contributed by atoms with Crippen LogP contribution in [0.25, 0.3) is 0 Å². The Labute approximate surface area is 149 Å². The van der Waals surface area contributed by atoms with E-state index in [4.69, 9.17) is 0 Å². The van der Waals surface area contributed by atoms with Gasteiger partial charge in [-0.3, -0.25) is 14.4 Å². The number of hydrogen-bond donors (Lipinski definition) is 1. The number of hydrogen-bond acceptors (Lipinski definition) is 3. The number of nitrogens with one attached hydrogen (secondary N) is 1. The second kappa shape index (κ2) is 7.81. The lowest BCUT2D eigenvalue weighted by molar-refractivity contribution is -0.133. The van der Waals surface area contributed by atoms with Crippen molar-refractivity contribution in [2.75, 3.05) is 19.6 Å². The summed E-state index contributed by atoms with van der Waals surface area (Å²) in [5, 5.41) is 2.52. The molecular formula is C20H28N2O3. The van der Waals surface area contributed by atoms with Crippen molar-refractivity contribution >= 4 is 17.6 Å². The van der Waals surface area contributed by atoms with E-state index in [9.17, 15) is 14.4 Å². The van der Waals surface area contributed by atoms with Crippen molar-refractivity contribution in [2.24, 2.45) is 5.92 Å². The Hall–Kier alpha value is -2.17. The van der Waals surface area contributed by atoms with E-state index in [2.05, 4.69) is 26.1 Å². The molecule has 2 amide bonds. The Bertz CT molecular complexity index is 644. The van der Waals surface area contributed by atoms with Crippen molar-refractivity contribution in [1.29, 1.82) is 0 Å². The second-order valence-corrected chi connectivity index (χ2v) is 7.78. The van der Waals surface area contributed by atoms with Gasteiger partial charge in [0.15, 0.2) is 5.78 Å². The Morgan fingerprint density at radius 3 is 2.36 bits per heavy atom. The first-order valence-corrected chi connectivity index (χ1v) is 8.85. The molecule has 0 radical (unpaired) electrons. The summed E-state index contributed by atoms with van der Waals surface area (Å²) in [5.41, 5.74) is 1.95. The number of piperidine rings is 1. The average molecular weight is 344 g/mol. The molecule has 0 unspecified atom stereocenters. The zero-order chi connectivity index (χ0) is 18.6. The molecule has 1 aliphatic rings. The fourth-order valence-electron chi connectivity index (χ4n) is 3.10. The normalized spacial score (nSPS) is 17.9. The van der Waals surface area contributed by atoms with E-state index in [1.165, 1.54) is 12.5 Å². The number of nitrogens with zero attached hydrogens (tertiary/aromatic N) is 1. The summed E-state index contributed by atoms with van der Waals surface area (Å²) in [6.07, 6.45) is 1.60. The highest BCUT2D eigenvalue weighted by molar-refractivity contribution is 5.98. The van der Waals surface area contributed by atoms with Crippen molar-refractivity contribution in [3.63, 3.8) is 0 Å². The van der Waals surface area contributed by atoms with E-state index < -0.39 is 0 Å². The Morgan fingerprint density at radius 2 is 1.80 bits per heavy atom. The molecule has 5 heteroatoms. The monoisotopic (exact) mass is 344 g/mol. The number of rotatable bonds is 4. The molecular weight excluding hydrogens is 316 g/mol. The summed E-state index contributed by atoms with van der Waals surface area (Å²) in [6, 6.07) is 7.80. The van der Waals surface area contributed by atoms with Crippen LogP contribution in [0.3, 0.4) is 0 Å². The number of likely N-dealkylation sites (tertiary alicyclic amines) is 1. The van der Waals surface area contributed by atoms with Crippen molar-refractivity contribution in [3.8, 4) is 0 Å². The number of ketones is 1. The van der Waals surface area contributed by atoms with Gasteiger partial charge in [0.05, 0.1) is 6.54 Å². The Morgan fingerprint density at radius 1 is 1.16 bits per heavy atom. The number of carbonyl (C=O) groups excluding carboxylic acids is 3. The molecule has 1 N–H and O–H groups in total. The van der Waals surface area contributed by atoms with Crippen molar-refractivity contribution in [2.45, 2.75) is 46.0 Å². The number of benzene rings is 1. The zero-order valence-corrected chi connectivity index (χ0v) is 15.6. The molecule has 0 spiro atoms. The predicted octanol–water partition coefficient (Wildman–Crippen LogP) is 2.54. The molecule has 0 bridgehead atoms. The van der Waals surface area contributed by atoms with Crippen LogP contribution in [0.1, 0.15) is 56.5 Å². The van der Waals surface area contributed by atoms with E-state index in [1.54, 1.807) is 4.90 Å². The first-order valence-electron chi connectivity index (χ1n) is 8.85. The van der Waals surface area contributed by atoms with Gasteiger partial charge >= 0.3 is 0 Å². The first kappa shape index (κ1) is 19.2. The highest BCUT2D eigenvalue weighted by atomic mass is 16.2. The lowest BCUT2D eigenvalue weighted by Crippen LogP contribution is -2.46. The minimum atomic E-state index is -0.225. The standard InChI is InChI=1S/C20H28N2O3/c1-14(23)21-12-18(24)22-11-5-6-16(13-22)19(25)15-7-9-17(10-8-15)20(2,3)4/h7-10,16H,5-6,11-13H2,1-4H3,(H,21,23)/t16-/m0/s1. The van der Waals surface area contributed by atoms with Gasteiger partial charge in [0.2, 0.25) is 11.8 Å². The molecule has 136 valence electrons. The summed E-state index contributed by atoms with van der Waals surface area (Å²) in [6.45, 7) is 8.88. The molecule has 0 aliphatic carbocycles. The van der Waals surface area contributed by atoms with Gasteiger partial charge in [0.25, 0.3) is 0 Å². The van der Waals surface area contributed by atoms with E-state index in [0.29, 0.717) is 18.7 Å². The smallest absolute Gasteiger partial charge is 0.241 e. The largest absolute Gasteiger partial charge is 0.347 e. The number of Topliss-reactive ketones (excluding diaryl/α,β-unsaturated/α-hetero) is 1. The number of amides is 2. The van der Waals surface area contributed by atoms with Gasteiger partial charge in [-0.2, -0.15) is 0 Å². The summed E-state index contributed by atoms with van der Waals surface area (Å²) in [7, 11) is 0. The molecule has 1 saturated heterocycles. The van der Waals surface area contributed by atoms with E-state index in [1.807, 2.05) is 24.3 Å². The summed E-state index contributed by atoms with van der Waals surface area (Å²) < 4.78 is 0. The molecule has 1 fully saturated rings. The van der Waals surface area contributed by atoms with Crippen LogP contribution in [-0.4, -0.2) is 42.1 Å². The molecule has 5 nitrogen and oxygen atoms in total. The van der Waals surface area contributed by atoms with E-state index >= 15 is 0 Å². The molecule has 1 aromatic carbocycles. The van der Waals surface area contributed by atoms with Crippen LogP contribution in [0, 0.1) is 5.92 Å². The van der Waals surface area contributed by atoms with Crippen LogP contribution >= 0.6 is 0 Å². The fourth-order valence-corrected chi connectivity index (χ4v) is 3.10. The van der Waals surface area contributed by atoms with Crippen LogP contribution in [-0.2, 0) is 15.0 Å². The lowest BCUT2D eigenvalue weighted by atomic mass is 9.85. The highest BCUT2D eigenvalue weighted by Gasteiger charge is 2.29. The van der Waals surface area contributed by atoms with Gasteiger partial charge in [-0.05, 0) is 23.8 Å². The predicted molar refractivity (Wildman–Crippen MR) is 97.5 cm³/mol. The van der Waals surface area contributed by atoms with E-state index in [-0.39, 0.29) is 35.5 Å². The van der Waals surface area contributed by atoms with Crippen molar-refractivity contribution < 1.29 is 14.4 Å². The average Bonchev–Trinajstić information content (AvgIpc) is 2.58. The Kier molecular flexibility index (Phi) is 5.98. The molecule has 2 rings (SSSR count). The third-order valence-electron chi connectivity index (χ3n) is 4.67. The maximum absolute atomic E-state index is 12.8. The third-order valence-corrected chi connectivity index (χ3v) is 4.67. The van der Waals surface area contributed by atoms with Gasteiger partial charge in [-0.15, -0.1) is 0 Å². The van der Waals surface area contributed by atoms with Crippen LogP contribution in [0.4, 0.5) is 0 Å². The minimum Gasteiger partial charge on any atom is -0.347 e. The first-order chi connectivity index (χ1) is 11.7. The summed E-state index contributed by atoms with van der Waals surface area (Å²) in [4.78, 5) is 37.6. The Balaban J connectivity index is 2.01. The molecule has 1 atom stereocenters. The highest BCUT2D eigenvalue weighted by Crippen LogP contribution is 2.25. The van der Waals surface area contributed by atoms with Gasteiger partial charge in [0, 0.05) is 31.5 Å². The van der Waals surface area contributed by atoms with Gasteiger partial charge < -0.3 is 10.2 Å². The molecule has 1 heterocycles. The second-order valence-electron chi connectivity index (χ2n) is 7.78. The fraction of sp³-hybridized carbons (Fsp3) is 0.550. The topological polar surface area (TPSA) is 66.5 Å². The van der Waals surface area contributed by atoms with Gasteiger partial charge in [-0.1, -0.05) is 45.0 Å². The minimum absolute atomic E-state index is 0.00345. The van der Waals surface area contributed by atoms with E-state index in [0.717, 1.165) is 12.8 Å². The molecule has 1 aliphatic heterocycles. The summed E-state index contributed by atoms with van der Waals surface area (Å²) >= 11 is 0. The SMILES string of the molecule is CC(=O)NCC(=O)N1CCC[C@H](C(=O)c2ccc(C(C)(C)C)cc2)C1. The van der Waals surface area contributed by atoms with Crippen LogP contribution < -0.4 is 5.32 Å². The van der Waals surface area contributed by atoms with Gasteiger partial charge in [0.1, 0.15) is 0 Å². The van der Waals surface area contributed by atoms with Crippen molar-refractivity contribution in [3.05, 3.63) is 35.4 Å². The van der Waals surface area contributed by atoms with Crippen molar-refractivity contribution in [1.82, 2.24) is 10.2 Å². The van der Waals surface area contributed by atoms with Crippen LogP contribution in [0.2, 0.25) is 0 Å². The maximum Gasteiger partial charge on any atom is 0.241 e. The molecule has 25 heavy (non-hydrogen) atoms. The molecule has 1 aromatic rings. The zero-order valence-electron chi connectivity index (χ0n) is 15.6. The summed E-state index contributed by atoms with van der Waals surface area (Å²) in [5.74, 6) is -0.430. The maximum atomic E-state index is 12.8. The lowest BCUT2D eigenvalue weighted by Gasteiger charge is -2.32. The van der Waals surface area contributed by atoms with Crippen LogP contribution in [0.5, 0.6) is 0 Å². The quantitative estimate of drug-likeness (QED) is 0.854. The third kappa shape index (κ3) is 5.15. The molecule has 0 aromatic heterocycles. The number of carbonyl (C=O) groups is 3. The van der Waals surface area contributed by atoms with Gasteiger partial charge in [-0.25, -0.2) is 0 Å². The molecule has 0 saturated carbocycles.